The van der Waals surface area contributed by atoms with Crippen molar-refractivity contribution in [3.8, 4) is 11.8 Å². The lowest BCUT2D eigenvalue weighted by Gasteiger charge is -2.19. The van der Waals surface area contributed by atoms with Gasteiger partial charge in [-0.25, -0.2) is 0 Å². The van der Waals surface area contributed by atoms with Gasteiger partial charge in [0, 0.05) is 0 Å². The molecule has 0 bridgehead atoms. The molecule has 3 nitrogen and oxygen atoms in total. The highest BCUT2D eigenvalue weighted by atomic mass is 16.2. The second kappa shape index (κ2) is 4.42. The fraction of sp³-hybridized carbons (Fsp3) is 0.286. The van der Waals surface area contributed by atoms with Crippen LogP contribution in [-0.4, -0.2) is 22.8 Å². The molecular formula is C14H13NO2. The molecule has 1 heterocycles. The molecule has 2 rings (SSSR count). The quantitative estimate of drug-likeness (QED) is 0.573. The fourth-order valence-electron chi connectivity index (χ4n) is 2.01. The molecule has 0 saturated heterocycles. The third-order valence-electron chi connectivity index (χ3n) is 2.83. The smallest absolute Gasteiger partial charge is 0.262 e. The Kier molecular flexibility index (Phi) is 2.97. The molecule has 3 heteroatoms. The van der Waals surface area contributed by atoms with Gasteiger partial charge in [0.1, 0.15) is 6.04 Å². The molecule has 1 unspecified atom stereocenters. The minimum Gasteiger partial charge on any atom is -0.269 e. The van der Waals surface area contributed by atoms with Gasteiger partial charge in [-0.05, 0) is 25.5 Å². The third kappa shape index (κ3) is 1.72. The lowest BCUT2D eigenvalue weighted by atomic mass is 10.1. The van der Waals surface area contributed by atoms with E-state index in [2.05, 4.69) is 11.8 Å². The van der Waals surface area contributed by atoms with Crippen LogP contribution in [0.1, 0.15) is 41.0 Å². The van der Waals surface area contributed by atoms with E-state index < -0.39 is 0 Å². The number of carbonyl (C=O) groups is 2. The maximum atomic E-state index is 12.1. The van der Waals surface area contributed by atoms with Crippen LogP contribution in [0, 0.1) is 11.8 Å². The molecule has 0 spiro atoms. The van der Waals surface area contributed by atoms with E-state index in [9.17, 15) is 9.59 Å². The van der Waals surface area contributed by atoms with Crippen LogP contribution in [0.3, 0.4) is 0 Å². The van der Waals surface area contributed by atoms with E-state index in [0.29, 0.717) is 17.5 Å². The van der Waals surface area contributed by atoms with Gasteiger partial charge in [-0.2, -0.15) is 0 Å². The number of carbonyl (C=O) groups excluding carboxylic acids is 2. The van der Waals surface area contributed by atoms with Gasteiger partial charge < -0.3 is 0 Å². The summed E-state index contributed by atoms with van der Waals surface area (Å²) in [6, 6.07) is 6.57. The van der Waals surface area contributed by atoms with E-state index in [0.717, 1.165) is 0 Å². The normalized spacial score (nSPS) is 15.3. The van der Waals surface area contributed by atoms with E-state index in [4.69, 9.17) is 0 Å². The number of nitrogens with zero attached hydrogens (tertiary/aromatic N) is 1. The number of benzene rings is 1. The Labute approximate surface area is 100 Å². The van der Waals surface area contributed by atoms with Crippen LogP contribution in [-0.2, 0) is 0 Å². The summed E-state index contributed by atoms with van der Waals surface area (Å²) in [6.07, 6.45) is 0.645. The first-order valence-electron chi connectivity index (χ1n) is 5.60. The third-order valence-corrected chi connectivity index (χ3v) is 2.83. The van der Waals surface area contributed by atoms with Gasteiger partial charge >= 0.3 is 0 Å². The average Bonchev–Trinajstić information content (AvgIpc) is 2.61. The lowest BCUT2D eigenvalue weighted by molar-refractivity contribution is 0.0618. The predicted molar refractivity (Wildman–Crippen MR) is 64.5 cm³/mol. The average molecular weight is 227 g/mol. The van der Waals surface area contributed by atoms with Crippen LogP contribution in [0.2, 0.25) is 0 Å². The molecule has 1 aliphatic rings. The first-order valence-corrected chi connectivity index (χ1v) is 5.60. The Balaban J connectivity index is 2.44. The fourth-order valence-corrected chi connectivity index (χ4v) is 2.01. The second-order valence-corrected chi connectivity index (χ2v) is 3.84. The van der Waals surface area contributed by atoms with Crippen molar-refractivity contribution in [2.45, 2.75) is 26.3 Å². The summed E-state index contributed by atoms with van der Waals surface area (Å²) in [7, 11) is 0. The number of amides is 2. The number of imide groups is 1. The predicted octanol–water partition coefficient (Wildman–Crippen LogP) is 2.08. The lowest BCUT2D eigenvalue weighted by Crippen LogP contribution is -2.38. The highest BCUT2D eigenvalue weighted by Crippen LogP contribution is 2.25. The van der Waals surface area contributed by atoms with Gasteiger partial charge in [0.05, 0.1) is 11.1 Å². The van der Waals surface area contributed by atoms with Crippen molar-refractivity contribution in [3.05, 3.63) is 35.4 Å². The summed E-state index contributed by atoms with van der Waals surface area (Å²) < 4.78 is 0. The van der Waals surface area contributed by atoms with Crippen LogP contribution < -0.4 is 0 Å². The summed E-state index contributed by atoms with van der Waals surface area (Å²) in [4.78, 5) is 25.5. The minimum atomic E-state index is -0.326. The van der Waals surface area contributed by atoms with Gasteiger partial charge in [0.25, 0.3) is 11.8 Å². The Morgan fingerprint density at radius 1 is 1.18 bits per heavy atom. The molecule has 0 N–H and O–H groups in total. The minimum absolute atomic E-state index is 0.236. The molecule has 86 valence electrons. The van der Waals surface area contributed by atoms with E-state index >= 15 is 0 Å². The summed E-state index contributed by atoms with van der Waals surface area (Å²) in [5.74, 6) is 5.20. The molecule has 1 aromatic rings. The van der Waals surface area contributed by atoms with Gasteiger partial charge in [-0.1, -0.05) is 25.0 Å². The van der Waals surface area contributed by atoms with E-state index in [-0.39, 0.29) is 17.9 Å². The van der Waals surface area contributed by atoms with Crippen LogP contribution in [0.5, 0.6) is 0 Å². The van der Waals surface area contributed by atoms with Crippen molar-refractivity contribution < 1.29 is 9.59 Å². The Bertz CT molecular complexity index is 502. The van der Waals surface area contributed by atoms with Crippen LogP contribution in [0.4, 0.5) is 0 Å². The largest absolute Gasteiger partial charge is 0.269 e. The summed E-state index contributed by atoms with van der Waals surface area (Å²) >= 11 is 0. The number of hydrogen-bond donors (Lipinski definition) is 0. The van der Waals surface area contributed by atoms with Crippen LogP contribution in [0.15, 0.2) is 24.3 Å². The molecule has 17 heavy (non-hydrogen) atoms. The second-order valence-electron chi connectivity index (χ2n) is 3.84. The van der Waals surface area contributed by atoms with Crippen molar-refractivity contribution >= 4 is 11.8 Å². The van der Waals surface area contributed by atoms with Crippen molar-refractivity contribution in [2.24, 2.45) is 0 Å². The van der Waals surface area contributed by atoms with Gasteiger partial charge in [0.2, 0.25) is 0 Å². The monoisotopic (exact) mass is 227 g/mol. The maximum absolute atomic E-state index is 12.1. The maximum Gasteiger partial charge on any atom is 0.262 e. The molecule has 1 aliphatic heterocycles. The van der Waals surface area contributed by atoms with Crippen LogP contribution in [0.25, 0.3) is 0 Å². The molecule has 0 fully saturated rings. The SMILES string of the molecule is CC#CC(CC)N1C(=O)c2ccccc2C1=O. The molecule has 1 aromatic carbocycles. The Morgan fingerprint density at radius 3 is 2.12 bits per heavy atom. The zero-order chi connectivity index (χ0) is 12.4. The molecule has 0 aliphatic carbocycles. The zero-order valence-corrected chi connectivity index (χ0v) is 9.86. The van der Waals surface area contributed by atoms with E-state index in [1.54, 1.807) is 31.2 Å². The topological polar surface area (TPSA) is 37.4 Å². The van der Waals surface area contributed by atoms with E-state index in [1.165, 1.54) is 4.90 Å². The van der Waals surface area contributed by atoms with Crippen molar-refractivity contribution in [3.63, 3.8) is 0 Å². The Morgan fingerprint density at radius 2 is 1.71 bits per heavy atom. The highest BCUT2D eigenvalue weighted by molar-refractivity contribution is 6.21. The Hall–Kier alpha value is -2.08. The molecule has 0 radical (unpaired) electrons. The van der Waals surface area contributed by atoms with Crippen molar-refractivity contribution in [1.82, 2.24) is 4.90 Å². The highest BCUT2D eigenvalue weighted by Gasteiger charge is 2.38. The molecule has 2 amide bonds. The zero-order valence-electron chi connectivity index (χ0n) is 9.86. The van der Waals surface area contributed by atoms with E-state index in [1.807, 2.05) is 6.92 Å². The molecular weight excluding hydrogens is 214 g/mol. The van der Waals surface area contributed by atoms with Crippen molar-refractivity contribution in [2.75, 3.05) is 0 Å². The first kappa shape index (κ1) is 11.4. The van der Waals surface area contributed by atoms with Gasteiger partial charge in [-0.15, -0.1) is 5.92 Å². The molecule has 0 aromatic heterocycles. The van der Waals surface area contributed by atoms with Gasteiger partial charge in [-0.3, -0.25) is 14.5 Å². The van der Waals surface area contributed by atoms with Gasteiger partial charge in [0.15, 0.2) is 0 Å². The number of hydrogen-bond acceptors (Lipinski definition) is 2. The standard InChI is InChI=1S/C14H13NO2/c1-3-7-10(4-2)15-13(16)11-8-5-6-9-12(11)14(15)17/h5-6,8-10H,4H2,1-2H3. The number of rotatable bonds is 2. The van der Waals surface area contributed by atoms with Crippen molar-refractivity contribution in [1.29, 1.82) is 0 Å². The number of fused-ring (bicyclic) bond motifs is 1. The summed E-state index contributed by atoms with van der Waals surface area (Å²) in [5, 5.41) is 0. The first-order chi connectivity index (χ1) is 8.20. The summed E-state index contributed by atoms with van der Waals surface area (Å²) in [6.45, 7) is 3.62. The summed E-state index contributed by atoms with van der Waals surface area (Å²) in [5.41, 5.74) is 0.961. The molecule has 0 saturated carbocycles. The van der Waals surface area contributed by atoms with Crippen LogP contribution >= 0.6 is 0 Å². The molecule has 1 atom stereocenters.